The lowest BCUT2D eigenvalue weighted by molar-refractivity contribution is -0.128. The standard InChI is InChI=1S/C20H21F4N7OS/c1-33(32)28-7-12-9-30(10-19(4-5-19)20(12,23)24)17-6-14(26-11-27-17)15-8-25-16-3-2-13(18(21)22)29-31(15)16/h2-3,6,8,11-12,18,28H,4-5,7,9-10H2,1H3. The van der Waals surface area contributed by atoms with E-state index in [1.807, 2.05) is 0 Å². The summed E-state index contributed by atoms with van der Waals surface area (Å²) in [5.74, 6) is -3.48. The zero-order valence-corrected chi connectivity index (χ0v) is 18.4. The molecule has 0 aromatic carbocycles. The Balaban J connectivity index is 1.47. The zero-order valence-electron chi connectivity index (χ0n) is 17.6. The Bertz CT molecular complexity index is 1170. The van der Waals surface area contributed by atoms with Crippen molar-refractivity contribution in [1.82, 2.24) is 29.3 Å². The molecular weight excluding hydrogens is 462 g/mol. The van der Waals surface area contributed by atoms with Crippen LogP contribution in [0.25, 0.3) is 17.0 Å². The first kappa shape index (κ1) is 22.3. The molecule has 1 saturated heterocycles. The number of aromatic nitrogens is 5. The SMILES string of the molecule is C[S+]([O-])NCC1CN(c2cc(-c3cnc4ccc(C(F)F)nn34)ncn2)CC2(CC2)C1(F)F. The maximum atomic E-state index is 15.1. The minimum Gasteiger partial charge on any atom is -0.598 e. The van der Waals surface area contributed by atoms with Gasteiger partial charge in [0.1, 0.15) is 29.8 Å². The van der Waals surface area contributed by atoms with Gasteiger partial charge in [-0.1, -0.05) is 0 Å². The van der Waals surface area contributed by atoms with Gasteiger partial charge < -0.3 is 9.45 Å². The molecule has 13 heteroatoms. The number of nitrogens with one attached hydrogen (secondary N) is 1. The second-order valence-corrected chi connectivity index (χ2v) is 9.71. The molecule has 3 aromatic heterocycles. The van der Waals surface area contributed by atoms with Crippen molar-refractivity contribution in [2.75, 3.05) is 30.8 Å². The molecule has 1 saturated carbocycles. The van der Waals surface area contributed by atoms with E-state index >= 15 is 8.78 Å². The second-order valence-electron chi connectivity index (χ2n) is 8.52. The van der Waals surface area contributed by atoms with Gasteiger partial charge in [0.25, 0.3) is 12.3 Å². The van der Waals surface area contributed by atoms with E-state index in [1.165, 1.54) is 35.4 Å². The van der Waals surface area contributed by atoms with Crippen LogP contribution in [0.5, 0.6) is 0 Å². The van der Waals surface area contributed by atoms with Crippen molar-refractivity contribution in [1.29, 1.82) is 0 Å². The highest BCUT2D eigenvalue weighted by Gasteiger charge is 2.68. The molecule has 2 unspecified atom stereocenters. The summed E-state index contributed by atoms with van der Waals surface area (Å²) >= 11 is -1.40. The van der Waals surface area contributed by atoms with Crippen LogP contribution in [0.2, 0.25) is 0 Å². The molecule has 33 heavy (non-hydrogen) atoms. The third kappa shape index (κ3) is 3.91. The quantitative estimate of drug-likeness (QED) is 0.426. The van der Waals surface area contributed by atoms with Crippen molar-refractivity contribution < 1.29 is 22.1 Å². The monoisotopic (exact) mass is 483 g/mol. The summed E-state index contributed by atoms with van der Waals surface area (Å²) in [5, 5.41) is 3.95. The van der Waals surface area contributed by atoms with E-state index in [0.29, 0.717) is 35.7 Å². The number of anilines is 1. The molecule has 0 amide bonds. The minimum absolute atomic E-state index is 0.0241. The largest absolute Gasteiger partial charge is 0.598 e. The molecule has 1 spiro atoms. The molecule has 1 N–H and O–H groups in total. The van der Waals surface area contributed by atoms with Gasteiger partial charge in [0, 0.05) is 30.5 Å². The second kappa shape index (κ2) is 8.06. The summed E-state index contributed by atoms with van der Waals surface area (Å²) in [7, 11) is 0. The highest BCUT2D eigenvalue weighted by atomic mass is 32.2. The van der Waals surface area contributed by atoms with Crippen LogP contribution in [0.4, 0.5) is 23.4 Å². The Labute approximate surface area is 189 Å². The first-order valence-electron chi connectivity index (χ1n) is 10.4. The molecule has 0 bridgehead atoms. The number of nitrogens with zero attached hydrogens (tertiary/aromatic N) is 6. The predicted octanol–water partition coefficient (Wildman–Crippen LogP) is 2.86. The Morgan fingerprint density at radius 2 is 2.03 bits per heavy atom. The van der Waals surface area contributed by atoms with Crippen LogP contribution in [0.15, 0.2) is 30.7 Å². The first-order valence-corrected chi connectivity index (χ1v) is 11.9. The van der Waals surface area contributed by atoms with Gasteiger partial charge in [0.15, 0.2) is 5.65 Å². The molecule has 1 aliphatic heterocycles. The van der Waals surface area contributed by atoms with Crippen LogP contribution in [-0.2, 0) is 11.4 Å². The summed E-state index contributed by atoms with van der Waals surface area (Å²) in [4.78, 5) is 14.5. The molecule has 5 rings (SSSR count). The highest BCUT2D eigenvalue weighted by molar-refractivity contribution is 7.88. The third-order valence-corrected chi connectivity index (χ3v) is 6.96. The lowest BCUT2D eigenvalue weighted by atomic mass is 9.82. The Kier molecular flexibility index (Phi) is 5.45. The minimum atomic E-state index is -2.89. The Morgan fingerprint density at radius 1 is 1.24 bits per heavy atom. The van der Waals surface area contributed by atoms with Crippen LogP contribution in [-0.4, -0.2) is 60.9 Å². The number of halogens is 4. The van der Waals surface area contributed by atoms with E-state index in [4.69, 9.17) is 0 Å². The Morgan fingerprint density at radius 3 is 2.73 bits per heavy atom. The fraction of sp³-hybridized carbons (Fsp3) is 0.500. The molecular formula is C20H21F4N7OS. The summed E-state index contributed by atoms with van der Waals surface area (Å²) in [6, 6.07) is 4.28. The van der Waals surface area contributed by atoms with Gasteiger partial charge in [0.2, 0.25) is 0 Å². The van der Waals surface area contributed by atoms with Crippen LogP contribution >= 0.6 is 0 Å². The molecule has 4 heterocycles. The molecule has 8 nitrogen and oxygen atoms in total. The zero-order chi connectivity index (χ0) is 23.4. The summed E-state index contributed by atoms with van der Waals surface area (Å²) in [6.07, 6.45) is 2.27. The number of hydrogen-bond donors (Lipinski definition) is 1. The van der Waals surface area contributed by atoms with Gasteiger partial charge in [-0.15, -0.1) is 4.72 Å². The van der Waals surface area contributed by atoms with E-state index in [0.717, 1.165) is 0 Å². The van der Waals surface area contributed by atoms with Crippen LogP contribution in [0.1, 0.15) is 25.0 Å². The van der Waals surface area contributed by atoms with Crippen molar-refractivity contribution in [3.8, 4) is 11.4 Å². The van der Waals surface area contributed by atoms with Crippen molar-refractivity contribution >= 4 is 22.8 Å². The molecule has 2 fully saturated rings. The summed E-state index contributed by atoms with van der Waals surface area (Å²) < 4.78 is 71.9. The maximum absolute atomic E-state index is 15.1. The van der Waals surface area contributed by atoms with E-state index in [1.54, 1.807) is 11.0 Å². The lowest BCUT2D eigenvalue weighted by Crippen LogP contribution is -2.58. The van der Waals surface area contributed by atoms with Gasteiger partial charge in [-0.2, -0.15) is 5.10 Å². The number of fused-ring (bicyclic) bond motifs is 1. The van der Waals surface area contributed by atoms with Gasteiger partial charge in [0.05, 0.1) is 29.8 Å². The van der Waals surface area contributed by atoms with E-state index in [9.17, 15) is 13.3 Å². The number of imidazole rings is 1. The molecule has 0 radical (unpaired) electrons. The molecule has 176 valence electrons. The Hall–Kier alpha value is -2.51. The molecule has 1 aliphatic carbocycles. The molecule has 3 aromatic rings. The topological polar surface area (TPSA) is 94.3 Å². The number of alkyl halides is 4. The molecule has 2 aliphatic rings. The van der Waals surface area contributed by atoms with E-state index in [2.05, 4.69) is 24.8 Å². The van der Waals surface area contributed by atoms with Crippen LogP contribution in [0, 0.1) is 11.3 Å². The lowest BCUT2D eigenvalue weighted by Gasteiger charge is -2.44. The fourth-order valence-corrected chi connectivity index (χ4v) is 4.85. The summed E-state index contributed by atoms with van der Waals surface area (Å²) in [6.45, 7) is 0.0827. The average Bonchev–Trinajstić information content (AvgIpc) is 3.44. The third-order valence-electron chi connectivity index (χ3n) is 6.39. The normalized spacial score (nSPS) is 22.3. The molecule has 2 atom stereocenters. The van der Waals surface area contributed by atoms with Crippen molar-refractivity contribution in [3.05, 3.63) is 36.4 Å². The summed E-state index contributed by atoms with van der Waals surface area (Å²) in [5.41, 5.74) is -0.372. The van der Waals surface area contributed by atoms with Crippen LogP contribution in [0.3, 0.4) is 0 Å². The van der Waals surface area contributed by atoms with E-state index < -0.39 is 40.7 Å². The fourth-order valence-electron chi connectivity index (χ4n) is 4.42. The predicted molar refractivity (Wildman–Crippen MR) is 113 cm³/mol. The first-order chi connectivity index (χ1) is 15.7. The van der Waals surface area contributed by atoms with Crippen molar-refractivity contribution in [2.24, 2.45) is 11.3 Å². The van der Waals surface area contributed by atoms with Gasteiger partial charge in [-0.05, 0) is 25.0 Å². The van der Waals surface area contributed by atoms with E-state index in [-0.39, 0.29) is 19.6 Å². The number of rotatable bonds is 6. The van der Waals surface area contributed by atoms with Crippen molar-refractivity contribution in [2.45, 2.75) is 25.2 Å². The van der Waals surface area contributed by atoms with Crippen molar-refractivity contribution in [3.63, 3.8) is 0 Å². The van der Waals surface area contributed by atoms with Gasteiger partial charge in [-0.25, -0.2) is 37.0 Å². The number of piperidine rings is 1. The van der Waals surface area contributed by atoms with Gasteiger partial charge in [-0.3, -0.25) is 0 Å². The average molecular weight is 483 g/mol. The smallest absolute Gasteiger partial charge is 0.282 e. The number of hydrogen-bond acceptors (Lipinski definition) is 7. The highest BCUT2D eigenvalue weighted by Crippen LogP contribution is 2.62. The van der Waals surface area contributed by atoms with Gasteiger partial charge >= 0.3 is 0 Å². The van der Waals surface area contributed by atoms with Crippen LogP contribution < -0.4 is 9.62 Å². The maximum Gasteiger partial charge on any atom is 0.282 e.